The standard InChI is InChI=1S/C21H19ClN2O5S2/c1-27-17-7-4-12(8-18(17)28-2)16-11-31-21(23-16)24-19(25)10-29-20(26)14-9-13(30-3)5-6-15(14)22/h4-9,11H,10H2,1-3H3,(H,23,24,25). The molecule has 0 spiro atoms. The van der Waals surface area contributed by atoms with Crippen molar-refractivity contribution in [3.05, 3.63) is 52.4 Å². The number of anilines is 1. The predicted octanol–water partition coefficient (Wildman–Crippen LogP) is 5.00. The number of halogens is 1. The lowest BCUT2D eigenvalue weighted by molar-refractivity contribution is -0.119. The van der Waals surface area contributed by atoms with E-state index in [9.17, 15) is 9.59 Å². The van der Waals surface area contributed by atoms with Crippen LogP contribution in [-0.2, 0) is 9.53 Å². The van der Waals surface area contributed by atoms with Crippen LogP contribution in [0, 0.1) is 0 Å². The van der Waals surface area contributed by atoms with Crippen LogP contribution < -0.4 is 14.8 Å². The van der Waals surface area contributed by atoms with Crippen LogP contribution in [0.1, 0.15) is 10.4 Å². The number of thioether (sulfide) groups is 1. The Bertz CT molecular complexity index is 1100. The number of carbonyl (C=O) groups excluding carboxylic acids is 2. The lowest BCUT2D eigenvalue weighted by atomic mass is 10.1. The number of benzene rings is 2. The summed E-state index contributed by atoms with van der Waals surface area (Å²) in [6.45, 7) is -0.454. The lowest BCUT2D eigenvalue weighted by Crippen LogP contribution is -2.21. The van der Waals surface area contributed by atoms with Gasteiger partial charge >= 0.3 is 5.97 Å². The number of nitrogens with zero attached hydrogens (tertiary/aromatic N) is 1. The minimum absolute atomic E-state index is 0.214. The highest BCUT2D eigenvalue weighted by Gasteiger charge is 2.16. The summed E-state index contributed by atoms with van der Waals surface area (Å²) < 4.78 is 15.6. The molecule has 3 rings (SSSR count). The molecule has 162 valence electrons. The monoisotopic (exact) mass is 478 g/mol. The van der Waals surface area contributed by atoms with E-state index >= 15 is 0 Å². The third kappa shape index (κ3) is 5.69. The summed E-state index contributed by atoms with van der Waals surface area (Å²) in [5, 5.41) is 5.08. The molecule has 1 heterocycles. The first-order valence-electron chi connectivity index (χ1n) is 8.93. The maximum atomic E-state index is 12.3. The van der Waals surface area contributed by atoms with E-state index in [2.05, 4.69) is 10.3 Å². The second-order valence-corrected chi connectivity index (χ2v) is 8.22. The van der Waals surface area contributed by atoms with Crippen LogP contribution in [0.4, 0.5) is 5.13 Å². The zero-order chi connectivity index (χ0) is 22.4. The molecule has 0 unspecified atom stereocenters. The molecule has 0 saturated carbocycles. The average molecular weight is 479 g/mol. The Hall–Kier alpha value is -2.75. The van der Waals surface area contributed by atoms with E-state index in [0.29, 0.717) is 22.3 Å². The van der Waals surface area contributed by atoms with Gasteiger partial charge in [-0.15, -0.1) is 23.1 Å². The number of carbonyl (C=O) groups is 2. The van der Waals surface area contributed by atoms with Crippen LogP contribution >= 0.6 is 34.7 Å². The van der Waals surface area contributed by atoms with Crippen molar-refractivity contribution in [2.45, 2.75) is 4.90 Å². The number of hydrogen-bond acceptors (Lipinski definition) is 8. The second-order valence-electron chi connectivity index (χ2n) is 6.08. The van der Waals surface area contributed by atoms with Crippen molar-refractivity contribution in [3.63, 3.8) is 0 Å². The maximum Gasteiger partial charge on any atom is 0.340 e. The molecule has 0 atom stereocenters. The normalized spacial score (nSPS) is 10.5. The minimum atomic E-state index is -0.666. The van der Waals surface area contributed by atoms with Gasteiger partial charge in [-0.05, 0) is 42.7 Å². The van der Waals surface area contributed by atoms with E-state index in [0.717, 1.165) is 10.5 Å². The molecule has 2 aromatic carbocycles. The van der Waals surface area contributed by atoms with E-state index in [4.69, 9.17) is 25.8 Å². The highest BCUT2D eigenvalue weighted by atomic mass is 35.5. The molecule has 0 aliphatic heterocycles. The second kappa shape index (κ2) is 10.5. The Morgan fingerprint density at radius 2 is 1.90 bits per heavy atom. The van der Waals surface area contributed by atoms with E-state index in [1.807, 2.05) is 12.3 Å². The maximum absolute atomic E-state index is 12.3. The highest BCUT2D eigenvalue weighted by molar-refractivity contribution is 7.98. The summed E-state index contributed by atoms with van der Waals surface area (Å²) in [4.78, 5) is 29.7. The molecule has 31 heavy (non-hydrogen) atoms. The fraction of sp³-hybridized carbons (Fsp3) is 0.190. The van der Waals surface area contributed by atoms with E-state index in [-0.39, 0.29) is 10.6 Å². The Labute approximate surface area is 192 Å². The molecular formula is C21H19ClN2O5S2. The molecule has 7 nitrogen and oxygen atoms in total. The molecule has 0 aliphatic carbocycles. The van der Waals surface area contributed by atoms with E-state index in [1.54, 1.807) is 49.9 Å². The number of ether oxygens (including phenoxy) is 3. The predicted molar refractivity (Wildman–Crippen MR) is 123 cm³/mol. The van der Waals surface area contributed by atoms with Gasteiger partial charge in [-0.2, -0.15) is 0 Å². The van der Waals surface area contributed by atoms with Gasteiger partial charge < -0.3 is 14.2 Å². The van der Waals surface area contributed by atoms with Crippen molar-refractivity contribution in [1.29, 1.82) is 0 Å². The number of aromatic nitrogens is 1. The van der Waals surface area contributed by atoms with Gasteiger partial charge in [-0.1, -0.05) is 11.6 Å². The van der Waals surface area contributed by atoms with Crippen molar-refractivity contribution < 1.29 is 23.8 Å². The quantitative estimate of drug-likeness (QED) is 0.360. The fourth-order valence-electron chi connectivity index (χ4n) is 2.61. The van der Waals surface area contributed by atoms with Crippen molar-refractivity contribution in [2.24, 2.45) is 0 Å². The summed E-state index contributed by atoms with van der Waals surface area (Å²) in [5.74, 6) is 0.0228. The first-order valence-corrected chi connectivity index (χ1v) is 11.4. The van der Waals surface area contributed by atoms with Crippen molar-refractivity contribution in [1.82, 2.24) is 4.98 Å². The van der Waals surface area contributed by atoms with Crippen LogP contribution in [0.25, 0.3) is 11.3 Å². The number of hydrogen-bond donors (Lipinski definition) is 1. The summed E-state index contributed by atoms with van der Waals surface area (Å²) in [6.07, 6.45) is 1.89. The van der Waals surface area contributed by atoms with Gasteiger partial charge in [0.2, 0.25) is 0 Å². The number of methoxy groups -OCH3 is 2. The summed E-state index contributed by atoms with van der Waals surface area (Å²) in [6, 6.07) is 10.5. The van der Waals surface area contributed by atoms with Crippen LogP contribution in [0.5, 0.6) is 11.5 Å². The molecule has 3 aromatic rings. The van der Waals surface area contributed by atoms with Gasteiger partial charge in [0.05, 0.1) is 30.5 Å². The number of rotatable bonds is 8. The van der Waals surface area contributed by atoms with E-state index < -0.39 is 18.5 Å². The number of amides is 1. The van der Waals surface area contributed by atoms with Crippen LogP contribution in [0.2, 0.25) is 5.02 Å². The van der Waals surface area contributed by atoms with Crippen LogP contribution in [0.3, 0.4) is 0 Å². The summed E-state index contributed by atoms with van der Waals surface area (Å²) in [7, 11) is 3.12. The molecule has 0 aliphatic rings. The lowest BCUT2D eigenvalue weighted by Gasteiger charge is -2.08. The minimum Gasteiger partial charge on any atom is -0.493 e. The Balaban J connectivity index is 1.61. The third-order valence-corrected chi connectivity index (χ3v) is 5.97. The Morgan fingerprint density at radius 3 is 2.61 bits per heavy atom. The van der Waals surface area contributed by atoms with Crippen molar-refractivity contribution >= 4 is 51.7 Å². The molecule has 1 amide bonds. The molecular weight excluding hydrogens is 460 g/mol. The summed E-state index contributed by atoms with van der Waals surface area (Å²) >= 11 is 8.79. The van der Waals surface area contributed by atoms with Gasteiger partial charge in [-0.3, -0.25) is 10.1 Å². The summed E-state index contributed by atoms with van der Waals surface area (Å²) in [5.41, 5.74) is 1.69. The first kappa shape index (κ1) is 22.9. The molecule has 0 radical (unpaired) electrons. The SMILES string of the molecule is COc1ccc(-c2csc(NC(=O)COC(=O)c3cc(SC)ccc3Cl)n2)cc1OC. The fourth-order valence-corrected chi connectivity index (χ4v) is 3.98. The van der Waals surface area contributed by atoms with Gasteiger partial charge in [-0.25, -0.2) is 9.78 Å². The molecule has 0 bridgehead atoms. The smallest absolute Gasteiger partial charge is 0.340 e. The van der Waals surface area contributed by atoms with Crippen molar-refractivity contribution in [2.75, 3.05) is 32.4 Å². The molecule has 1 N–H and O–H groups in total. The molecule has 10 heteroatoms. The molecule has 0 fully saturated rings. The largest absolute Gasteiger partial charge is 0.493 e. The van der Waals surface area contributed by atoms with Gasteiger partial charge in [0.25, 0.3) is 5.91 Å². The highest BCUT2D eigenvalue weighted by Crippen LogP contribution is 2.33. The number of esters is 1. The van der Waals surface area contributed by atoms with Gasteiger partial charge in [0, 0.05) is 15.8 Å². The average Bonchev–Trinajstić information content (AvgIpc) is 3.25. The van der Waals surface area contributed by atoms with Crippen LogP contribution in [-0.4, -0.2) is 43.9 Å². The first-order chi connectivity index (χ1) is 14.9. The molecule has 0 saturated heterocycles. The topological polar surface area (TPSA) is 86.8 Å². The Kier molecular flexibility index (Phi) is 7.78. The van der Waals surface area contributed by atoms with Gasteiger partial charge in [0.15, 0.2) is 23.2 Å². The third-order valence-electron chi connectivity index (χ3n) is 4.16. The van der Waals surface area contributed by atoms with Gasteiger partial charge in [0.1, 0.15) is 0 Å². The zero-order valence-corrected chi connectivity index (χ0v) is 19.3. The Morgan fingerprint density at radius 1 is 1.13 bits per heavy atom. The molecule has 1 aromatic heterocycles. The zero-order valence-electron chi connectivity index (χ0n) is 16.9. The van der Waals surface area contributed by atoms with Crippen molar-refractivity contribution in [3.8, 4) is 22.8 Å². The number of thiazole rings is 1. The van der Waals surface area contributed by atoms with Crippen LogP contribution in [0.15, 0.2) is 46.7 Å². The van der Waals surface area contributed by atoms with E-state index in [1.165, 1.54) is 23.1 Å². The number of nitrogens with one attached hydrogen (secondary N) is 1.